The maximum atomic E-state index is 12.2. The third-order valence-corrected chi connectivity index (χ3v) is 3.12. The number of aliphatic hydroxyl groups is 1. The Morgan fingerprint density at radius 1 is 1.12 bits per heavy atom. The Kier molecular flexibility index (Phi) is 6.51. The smallest absolute Gasteiger partial charge is 0.407 e. The largest absolute Gasteiger partial charge is 0.445 e. The molecular weight excluding hydrogens is 320 g/mol. The van der Waals surface area contributed by atoms with Crippen molar-refractivity contribution in [2.45, 2.75) is 19.3 Å². The van der Waals surface area contributed by atoms with E-state index >= 15 is 0 Å². The highest BCUT2D eigenvalue weighted by Crippen LogP contribution is 2.20. The lowest BCUT2D eigenvalue weighted by atomic mass is 10.1. The molecule has 7 heteroatoms. The van der Waals surface area contributed by atoms with Crippen LogP contribution in [0.5, 0.6) is 5.75 Å². The third kappa shape index (κ3) is 5.85. The number of amides is 1. The van der Waals surface area contributed by atoms with Crippen molar-refractivity contribution in [1.82, 2.24) is 5.32 Å². The zero-order valence-corrected chi connectivity index (χ0v) is 12.7. The highest BCUT2D eigenvalue weighted by atomic mass is 19.3. The molecule has 0 saturated heterocycles. The number of hydrogen-bond donors (Lipinski definition) is 2. The number of alkyl carbamates (subject to hydrolysis) is 1. The molecule has 0 bridgehead atoms. The minimum atomic E-state index is -2.94. The van der Waals surface area contributed by atoms with Crippen LogP contribution in [0.25, 0.3) is 0 Å². The van der Waals surface area contributed by atoms with Crippen LogP contribution in [0.1, 0.15) is 17.2 Å². The standard InChI is InChI=1S/C17H17F2NO4/c18-16(19)24-14-8-4-7-13(9-14)15(21)10-20-17(22)23-11-12-5-2-1-3-6-12/h1-9,15-16,21H,10-11H2,(H,20,22). The second-order valence-corrected chi connectivity index (χ2v) is 4.91. The van der Waals surface area contributed by atoms with Gasteiger partial charge in [0, 0.05) is 0 Å². The van der Waals surface area contributed by atoms with E-state index in [2.05, 4.69) is 10.1 Å². The highest BCUT2D eigenvalue weighted by molar-refractivity contribution is 5.67. The van der Waals surface area contributed by atoms with E-state index in [4.69, 9.17) is 4.74 Å². The SMILES string of the molecule is O=C(NCC(O)c1cccc(OC(F)F)c1)OCc1ccccc1. The minimum Gasteiger partial charge on any atom is -0.445 e. The van der Waals surface area contributed by atoms with E-state index in [0.29, 0.717) is 5.56 Å². The van der Waals surface area contributed by atoms with Crippen LogP contribution in [-0.2, 0) is 11.3 Å². The molecule has 128 valence electrons. The lowest BCUT2D eigenvalue weighted by Gasteiger charge is -2.14. The summed E-state index contributed by atoms with van der Waals surface area (Å²) in [7, 11) is 0. The number of aliphatic hydroxyl groups excluding tert-OH is 1. The summed E-state index contributed by atoms with van der Waals surface area (Å²) in [6.45, 7) is -2.95. The molecule has 5 nitrogen and oxygen atoms in total. The van der Waals surface area contributed by atoms with Crippen molar-refractivity contribution in [2.24, 2.45) is 0 Å². The molecule has 0 spiro atoms. The first kappa shape index (κ1) is 17.7. The van der Waals surface area contributed by atoms with Crippen LogP contribution in [0.15, 0.2) is 54.6 Å². The average Bonchev–Trinajstić information content (AvgIpc) is 2.58. The molecule has 2 aromatic rings. The first-order chi connectivity index (χ1) is 11.5. The predicted octanol–water partition coefficient (Wildman–Crippen LogP) is 3.25. The van der Waals surface area contributed by atoms with Crippen molar-refractivity contribution < 1.29 is 28.2 Å². The Morgan fingerprint density at radius 2 is 1.88 bits per heavy atom. The number of carbonyl (C=O) groups is 1. The topological polar surface area (TPSA) is 67.8 Å². The quantitative estimate of drug-likeness (QED) is 0.814. The monoisotopic (exact) mass is 337 g/mol. The fourth-order valence-corrected chi connectivity index (χ4v) is 1.97. The fraction of sp³-hybridized carbons (Fsp3) is 0.235. The van der Waals surface area contributed by atoms with Crippen LogP contribution in [-0.4, -0.2) is 24.4 Å². The van der Waals surface area contributed by atoms with Crippen molar-refractivity contribution in [3.8, 4) is 5.75 Å². The second-order valence-electron chi connectivity index (χ2n) is 4.91. The van der Waals surface area contributed by atoms with Gasteiger partial charge in [0.1, 0.15) is 12.4 Å². The van der Waals surface area contributed by atoms with Crippen molar-refractivity contribution in [3.05, 3.63) is 65.7 Å². The van der Waals surface area contributed by atoms with Gasteiger partial charge in [-0.15, -0.1) is 0 Å². The summed E-state index contributed by atoms with van der Waals surface area (Å²) in [6.07, 6.45) is -1.76. The van der Waals surface area contributed by atoms with Gasteiger partial charge >= 0.3 is 12.7 Å². The fourth-order valence-electron chi connectivity index (χ4n) is 1.97. The van der Waals surface area contributed by atoms with E-state index < -0.39 is 18.8 Å². The Bertz CT molecular complexity index is 652. The van der Waals surface area contributed by atoms with E-state index in [1.807, 2.05) is 30.3 Å². The maximum absolute atomic E-state index is 12.2. The Hall–Kier alpha value is -2.67. The van der Waals surface area contributed by atoms with Gasteiger partial charge in [-0.3, -0.25) is 0 Å². The molecule has 1 amide bonds. The van der Waals surface area contributed by atoms with E-state index in [1.165, 1.54) is 18.2 Å². The van der Waals surface area contributed by atoms with Crippen LogP contribution in [0, 0.1) is 0 Å². The summed E-state index contributed by atoms with van der Waals surface area (Å²) in [6, 6.07) is 14.8. The number of nitrogens with one attached hydrogen (secondary N) is 1. The number of ether oxygens (including phenoxy) is 2. The van der Waals surface area contributed by atoms with E-state index in [-0.39, 0.29) is 18.9 Å². The Labute approximate surface area is 137 Å². The normalized spacial score (nSPS) is 11.8. The number of benzene rings is 2. The Balaban J connectivity index is 1.79. The van der Waals surface area contributed by atoms with Crippen LogP contribution < -0.4 is 10.1 Å². The summed E-state index contributed by atoms with van der Waals surface area (Å²) >= 11 is 0. The van der Waals surface area contributed by atoms with Crippen molar-refractivity contribution in [2.75, 3.05) is 6.54 Å². The van der Waals surface area contributed by atoms with Crippen molar-refractivity contribution >= 4 is 6.09 Å². The lowest BCUT2D eigenvalue weighted by molar-refractivity contribution is -0.0499. The number of rotatable bonds is 7. The van der Waals surface area contributed by atoms with Gasteiger partial charge in [-0.2, -0.15) is 8.78 Å². The zero-order valence-electron chi connectivity index (χ0n) is 12.7. The molecule has 0 heterocycles. The van der Waals surface area contributed by atoms with Gasteiger partial charge in [0.05, 0.1) is 12.6 Å². The van der Waals surface area contributed by atoms with Crippen LogP contribution in [0.2, 0.25) is 0 Å². The summed E-state index contributed by atoms with van der Waals surface area (Å²) in [5.41, 5.74) is 1.18. The molecule has 2 rings (SSSR count). The number of alkyl halides is 2. The van der Waals surface area contributed by atoms with Crippen LogP contribution >= 0.6 is 0 Å². The van der Waals surface area contributed by atoms with Gasteiger partial charge in [0.25, 0.3) is 0 Å². The van der Waals surface area contributed by atoms with Gasteiger partial charge in [-0.25, -0.2) is 4.79 Å². The molecule has 1 atom stereocenters. The van der Waals surface area contributed by atoms with E-state index in [1.54, 1.807) is 6.07 Å². The number of hydrogen-bond acceptors (Lipinski definition) is 4. The number of halogens is 2. The van der Waals surface area contributed by atoms with Gasteiger partial charge in [0.15, 0.2) is 0 Å². The second kappa shape index (κ2) is 8.83. The molecule has 2 N–H and O–H groups in total. The molecule has 0 aliphatic carbocycles. The van der Waals surface area contributed by atoms with Gasteiger partial charge in [0.2, 0.25) is 0 Å². The maximum Gasteiger partial charge on any atom is 0.407 e. The average molecular weight is 337 g/mol. The lowest BCUT2D eigenvalue weighted by Crippen LogP contribution is -2.28. The molecule has 0 saturated carbocycles. The van der Waals surface area contributed by atoms with Gasteiger partial charge in [-0.05, 0) is 23.3 Å². The molecule has 0 aromatic heterocycles. The molecule has 0 aliphatic rings. The first-order valence-electron chi connectivity index (χ1n) is 7.22. The van der Waals surface area contributed by atoms with E-state index in [9.17, 15) is 18.7 Å². The molecule has 24 heavy (non-hydrogen) atoms. The summed E-state index contributed by atoms with van der Waals surface area (Å²) in [5.74, 6) is -0.0618. The van der Waals surface area contributed by atoms with Crippen molar-refractivity contribution in [1.29, 1.82) is 0 Å². The molecule has 1 unspecified atom stereocenters. The van der Waals surface area contributed by atoms with Crippen LogP contribution in [0.3, 0.4) is 0 Å². The van der Waals surface area contributed by atoms with Gasteiger partial charge in [-0.1, -0.05) is 42.5 Å². The molecule has 0 radical (unpaired) electrons. The van der Waals surface area contributed by atoms with Crippen molar-refractivity contribution in [3.63, 3.8) is 0 Å². The zero-order chi connectivity index (χ0) is 17.4. The minimum absolute atomic E-state index is 0.0618. The number of carbonyl (C=O) groups excluding carboxylic acids is 1. The van der Waals surface area contributed by atoms with E-state index in [0.717, 1.165) is 5.56 Å². The molecule has 2 aromatic carbocycles. The molecule has 0 aliphatic heterocycles. The molecule has 0 fully saturated rings. The predicted molar refractivity (Wildman–Crippen MR) is 82.7 cm³/mol. The summed E-state index contributed by atoms with van der Waals surface area (Å²) in [5, 5.41) is 12.4. The summed E-state index contributed by atoms with van der Waals surface area (Å²) < 4.78 is 33.6. The van der Waals surface area contributed by atoms with Crippen LogP contribution in [0.4, 0.5) is 13.6 Å². The van der Waals surface area contributed by atoms with Gasteiger partial charge < -0.3 is 19.9 Å². The highest BCUT2D eigenvalue weighted by Gasteiger charge is 2.12. The first-order valence-corrected chi connectivity index (χ1v) is 7.22. The summed E-state index contributed by atoms with van der Waals surface area (Å²) in [4.78, 5) is 11.6. The molecular formula is C17H17F2NO4. The third-order valence-electron chi connectivity index (χ3n) is 3.12. The Morgan fingerprint density at radius 3 is 2.58 bits per heavy atom.